The first-order chi connectivity index (χ1) is 4.54. The number of hydrogen-bond donors (Lipinski definition) is 2. The van der Waals surface area contributed by atoms with Crippen molar-refractivity contribution < 1.29 is 9.59 Å². The highest BCUT2D eigenvalue weighted by Gasteiger charge is 2.06. The minimum atomic E-state index is -0.930. The van der Waals surface area contributed by atoms with E-state index >= 15 is 0 Å². The first-order valence-corrected chi connectivity index (χ1v) is 3.11. The van der Waals surface area contributed by atoms with Gasteiger partial charge in [-0.3, -0.25) is 9.59 Å². The molecule has 0 aliphatic heterocycles. The van der Waals surface area contributed by atoms with Crippen molar-refractivity contribution in [3.63, 3.8) is 0 Å². The maximum Gasteiger partial charge on any atom is 0.309 e. The van der Waals surface area contributed by atoms with Crippen LogP contribution in [0.2, 0.25) is 0 Å². The minimum absolute atomic E-state index is 0.336. The van der Waals surface area contributed by atoms with Gasteiger partial charge in [-0.1, -0.05) is 13.8 Å². The number of nitrogens with one attached hydrogen (secondary N) is 1. The van der Waals surface area contributed by atoms with Crippen molar-refractivity contribution in [3.8, 4) is 0 Å². The Labute approximate surface area is 59.8 Å². The zero-order chi connectivity index (χ0) is 8.15. The number of carbonyl (C=O) groups excluding carboxylic acids is 2. The number of hydrogen-bond acceptors (Lipinski definition) is 2. The Bertz CT molecular complexity index is 143. The van der Waals surface area contributed by atoms with Gasteiger partial charge in [-0.2, -0.15) is 0 Å². The molecule has 3 N–H and O–H groups in total. The van der Waals surface area contributed by atoms with Gasteiger partial charge in [0.05, 0.1) is 0 Å². The van der Waals surface area contributed by atoms with Gasteiger partial charge in [0, 0.05) is 6.54 Å². The predicted octanol–water partition coefficient (Wildman–Crippen LogP) is -0.756. The fraction of sp³-hybridized carbons (Fsp3) is 0.667. The Morgan fingerprint density at radius 1 is 1.50 bits per heavy atom. The number of rotatable bonds is 2. The van der Waals surface area contributed by atoms with Crippen LogP contribution in [0.15, 0.2) is 0 Å². The highest BCUT2D eigenvalue weighted by molar-refractivity contribution is 6.34. The Hall–Kier alpha value is -1.06. The highest BCUT2D eigenvalue weighted by Crippen LogP contribution is 1.85. The van der Waals surface area contributed by atoms with E-state index in [4.69, 9.17) is 0 Å². The Morgan fingerprint density at radius 2 is 2.00 bits per heavy atom. The van der Waals surface area contributed by atoms with E-state index in [-0.39, 0.29) is 0 Å². The predicted molar refractivity (Wildman–Crippen MR) is 37.0 cm³/mol. The molecule has 0 spiro atoms. The van der Waals surface area contributed by atoms with Crippen LogP contribution in [0.4, 0.5) is 0 Å². The minimum Gasteiger partial charge on any atom is -0.361 e. The first-order valence-electron chi connectivity index (χ1n) is 3.11. The molecule has 58 valence electrons. The van der Waals surface area contributed by atoms with Gasteiger partial charge in [0.25, 0.3) is 0 Å². The highest BCUT2D eigenvalue weighted by atomic mass is 16.2. The second-order valence-electron chi connectivity index (χ2n) is 2.47. The third kappa shape index (κ3) is 3.88. The molecule has 0 aromatic rings. The summed E-state index contributed by atoms with van der Waals surface area (Å²) in [6.07, 6.45) is 0. The normalized spacial score (nSPS) is 9.50. The summed E-state index contributed by atoms with van der Waals surface area (Å²) in [7, 11) is 0. The molecule has 10 heavy (non-hydrogen) atoms. The van der Waals surface area contributed by atoms with Crippen LogP contribution in [0.1, 0.15) is 13.8 Å². The lowest BCUT2D eigenvalue weighted by Gasteiger charge is -2.03. The molecule has 4 heteroatoms. The van der Waals surface area contributed by atoms with E-state index in [1.165, 1.54) is 0 Å². The molecule has 0 atom stereocenters. The standard InChI is InChI=1S/C6H12N2O2/c1-4(2)3-8-6(10)5(7)9/h4H,3H2,1-2H3,(H2,7,9)(H,8,10). The van der Waals surface area contributed by atoms with Crippen LogP contribution in [-0.2, 0) is 9.59 Å². The molecular formula is C6H12N2O2. The molecule has 0 aliphatic carbocycles. The SMILES string of the molecule is CC(C)CNC(=O)C(N)=O. The third-order valence-electron chi connectivity index (χ3n) is 0.895. The van der Waals surface area contributed by atoms with Crippen LogP contribution in [-0.4, -0.2) is 18.4 Å². The molecule has 0 bridgehead atoms. The molecule has 4 nitrogen and oxygen atoms in total. The molecule has 0 radical (unpaired) electrons. The van der Waals surface area contributed by atoms with Crippen LogP contribution in [0.5, 0.6) is 0 Å². The van der Waals surface area contributed by atoms with Gasteiger partial charge in [-0.15, -0.1) is 0 Å². The summed E-state index contributed by atoms with van der Waals surface area (Å²) in [6, 6.07) is 0. The molecule has 0 heterocycles. The molecule has 0 fully saturated rings. The van der Waals surface area contributed by atoms with Crippen LogP contribution in [0.25, 0.3) is 0 Å². The fourth-order valence-corrected chi connectivity index (χ4v) is 0.384. The van der Waals surface area contributed by atoms with Crippen molar-refractivity contribution in [3.05, 3.63) is 0 Å². The van der Waals surface area contributed by atoms with Crippen molar-refractivity contribution in [1.82, 2.24) is 5.32 Å². The third-order valence-corrected chi connectivity index (χ3v) is 0.895. The van der Waals surface area contributed by atoms with Gasteiger partial charge < -0.3 is 11.1 Å². The molecule has 0 aromatic heterocycles. The average molecular weight is 144 g/mol. The first kappa shape index (κ1) is 8.94. The zero-order valence-electron chi connectivity index (χ0n) is 6.18. The van der Waals surface area contributed by atoms with E-state index in [0.29, 0.717) is 12.5 Å². The summed E-state index contributed by atoms with van der Waals surface area (Å²) in [5, 5.41) is 2.37. The second-order valence-corrected chi connectivity index (χ2v) is 2.47. The summed E-state index contributed by atoms with van der Waals surface area (Å²) >= 11 is 0. The maximum absolute atomic E-state index is 10.5. The summed E-state index contributed by atoms with van der Waals surface area (Å²) < 4.78 is 0. The summed E-state index contributed by atoms with van der Waals surface area (Å²) in [4.78, 5) is 20.6. The van der Waals surface area contributed by atoms with Crippen molar-refractivity contribution in [1.29, 1.82) is 0 Å². The lowest BCUT2D eigenvalue weighted by Crippen LogP contribution is -2.37. The molecule has 0 rings (SSSR count). The van der Waals surface area contributed by atoms with Gasteiger partial charge in [0.15, 0.2) is 0 Å². The number of primary amides is 1. The van der Waals surface area contributed by atoms with E-state index in [9.17, 15) is 9.59 Å². The Balaban J connectivity index is 3.50. The molecule has 2 amide bonds. The van der Waals surface area contributed by atoms with Crippen molar-refractivity contribution in [2.75, 3.05) is 6.54 Å². The largest absolute Gasteiger partial charge is 0.361 e. The van der Waals surface area contributed by atoms with E-state index in [1.807, 2.05) is 13.8 Å². The second kappa shape index (κ2) is 3.87. The van der Waals surface area contributed by atoms with E-state index in [0.717, 1.165) is 0 Å². The summed E-state index contributed by atoms with van der Waals surface area (Å²) in [5.74, 6) is -1.31. The molecule has 0 unspecified atom stereocenters. The number of nitrogens with two attached hydrogens (primary N) is 1. The fourth-order valence-electron chi connectivity index (χ4n) is 0.384. The van der Waals surface area contributed by atoms with Gasteiger partial charge >= 0.3 is 11.8 Å². The maximum atomic E-state index is 10.5. The van der Waals surface area contributed by atoms with Crippen LogP contribution < -0.4 is 11.1 Å². The Morgan fingerprint density at radius 3 is 2.30 bits per heavy atom. The average Bonchev–Trinajstić information content (AvgIpc) is 1.82. The number of carbonyl (C=O) groups is 2. The summed E-state index contributed by atoms with van der Waals surface area (Å²) in [5.41, 5.74) is 4.67. The van der Waals surface area contributed by atoms with Gasteiger partial charge in [-0.05, 0) is 5.92 Å². The van der Waals surface area contributed by atoms with Gasteiger partial charge in [0.1, 0.15) is 0 Å². The molecule has 0 aliphatic rings. The van der Waals surface area contributed by atoms with E-state index in [1.54, 1.807) is 0 Å². The molecule has 0 aromatic carbocycles. The lowest BCUT2D eigenvalue weighted by molar-refractivity contribution is -0.137. The smallest absolute Gasteiger partial charge is 0.309 e. The Kier molecular flexibility index (Phi) is 3.46. The van der Waals surface area contributed by atoms with Crippen LogP contribution >= 0.6 is 0 Å². The van der Waals surface area contributed by atoms with Crippen molar-refractivity contribution in [2.45, 2.75) is 13.8 Å². The van der Waals surface area contributed by atoms with E-state index < -0.39 is 11.8 Å². The zero-order valence-corrected chi connectivity index (χ0v) is 6.18. The monoisotopic (exact) mass is 144 g/mol. The molecule has 0 saturated heterocycles. The quantitative estimate of drug-likeness (QED) is 0.500. The van der Waals surface area contributed by atoms with Gasteiger partial charge in [0.2, 0.25) is 0 Å². The lowest BCUT2D eigenvalue weighted by atomic mass is 10.2. The van der Waals surface area contributed by atoms with Gasteiger partial charge in [-0.25, -0.2) is 0 Å². The molecule has 0 saturated carbocycles. The van der Waals surface area contributed by atoms with Crippen LogP contribution in [0.3, 0.4) is 0 Å². The topological polar surface area (TPSA) is 72.2 Å². The molecular weight excluding hydrogens is 132 g/mol. The van der Waals surface area contributed by atoms with E-state index in [2.05, 4.69) is 11.1 Å². The van der Waals surface area contributed by atoms with Crippen molar-refractivity contribution in [2.24, 2.45) is 11.7 Å². The van der Waals surface area contributed by atoms with Crippen LogP contribution in [0, 0.1) is 5.92 Å². The summed E-state index contributed by atoms with van der Waals surface area (Å²) in [6.45, 7) is 4.35. The number of amides is 2. The van der Waals surface area contributed by atoms with Crippen molar-refractivity contribution >= 4 is 11.8 Å².